The van der Waals surface area contributed by atoms with Crippen LogP contribution in [0, 0.1) is 17.8 Å². The average Bonchev–Trinajstić information content (AvgIpc) is 2.22. The minimum Gasteiger partial charge on any atom is -0.389 e. The molecule has 1 aliphatic carbocycles. The Morgan fingerprint density at radius 2 is 2.13 bits per heavy atom. The lowest BCUT2D eigenvalue weighted by Gasteiger charge is -2.46. The second kappa shape index (κ2) is 5.31. The molecule has 0 aromatic heterocycles. The molecule has 1 aliphatic rings. The molecule has 0 amide bonds. The molecule has 1 rings (SSSR count). The third-order valence-corrected chi connectivity index (χ3v) is 4.51. The second-order valence-electron chi connectivity index (χ2n) is 5.37. The van der Waals surface area contributed by atoms with Gasteiger partial charge in [0, 0.05) is 5.92 Å². The summed E-state index contributed by atoms with van der Waals surface area (Å²) >= 11 is 0. The zero-order valence-electron chi connectivity index (χ0n) is 10.5. The van der Waals surface area contributed by atoms with Gasteiger partial charge in [0.15, 0.2) is 0 Å². The molecule has 1 fully saturated rings. The van der Waals surface area contributed by atoms with E-state index in [0.29, 0.717) is 24.3 Å². The fourth-order valence-electron chi connectivity index (χ4n) is 3.17. The zero-order chi connectivity index (χ0) is 11.5. The highest BCUT2D eigenvalue weighted by molar-refractivity contribution is 4.95. The summed E-state index contributed by atoms with van der Waals surface area (Å²) in [4.78, 5) is 0. The summed E-state index contributed by atoms with van der Waals surface area (Å²) in [5, 5.41) is 10.8. The Kier molecular flexibility index (Phi) is 4.60. The van der Waals surface area contributed by atoms with Crippen LogP contribution in [0.25, 0.3) is 0 Å². The lowest BCUT2D eigenvalue weighted by molar-refractivity contribution is -0.106. The van der Waals surface area contributed by atoms with Crippen molar-refractivity contribution in [3.8, 4) is 0 Å². The van der Waals surface area contributed by atoms with Gasteiger partial charge in [-0.15, -0.1) is 0 Å². The van der Waals surface area contributed by atoms with E-state index in [-0.39, 0.29) is 0 Å². The number of rotatable bonds is 4. The SMILES string of the molecule is CCCC(CN)C1(O)CCCC(C)C1C. The quantitative estimate of drug-likeness (QED) is 0.754. The van der Waals surface area contributed by atoms with Gasteiger partial charge >= 0.3 is 0 Å². The first-order chi connectivity index (χ1) is 7.06. The van der Waals surface area contributed by atoms with Crippen molar-refractivity contribution < 1.29 is 5.11 Å². The third kappa shape index (κ3) is 2.54. The van der Waals surface area contributed by atoms with E-state index in [0.717, 1.165) is 25.7 Å². The van der Waals surface area contributed by atoms with Crippen molar-refractivity contribution in [1.29, 1.82) is 0 Å². The van der Waals surface area contributed by atoms with Gasteiger partial charge in [0.1, 0.15) is 0 Å². The molecule has 0 heterocycles. The summed E-state index contributed by atoms with van der Waals surface area (Å²) in [5.74, 6) is 1.32. The van der Waals surface area contributed by atoms with Gasteiger partial charge in [-0.3, -0.25) is 0 Å². The van der Waals surface area contributed by atoms with E-state index in [1.165, 1.54) is 6.42 Å². The molecule has 0 aromatic rings. The van der Waals surface area contributed by atoms with Crippen LogP contribution in [0.2, 0.25) is 0 Å². The number of hydrogen-bond acceptors (Lipinski definition) is 2. The van der Waals surface area contributed by atoms with Gasteiger partial charge in [-0.1, -0.05) is 40.0 Å². The van der Waals surface area contributed by atoms with Gasteiger partial charge in [-0.2, -0.15) is 0 Å². The van der Waals surface area contributed by atoms with E-state index in [4.69, 9.17) is 5.73 Å². The van der Waals surface area contributed by atoms with Crippen LogP contribution in [-0.2, 0) is 0 Å². The summed E-state index contributed by atoms with van der Waals surface area (Å²) < 4.78 is 0. The molecule has 1 saturated carbocycles. The Morgan fingerprint density at radius 3 is 2.67 bits per heavy atom. The van der Waals surface area contributed by atoms with Crippen LogP contribution in [0.4, 0.5) is 0 Å². The molecule has 0 bridgehead atoms. The fraction of sp³-hybridized carbons (Fsp3) is 1.00. The Balaban J connectivity index is 2.76. The van der Waals surface area contributed by atoms with Gasteiger partial charge in [0.05, 0.1) is 5.60 Å². The third-order valence-electron chi connectivity index (χ3n) is 4.51. The Labute approximate surface area is 94.2 Å². The van der Waals surface area contributed by atoms with Crippen LogP contribution >= 0.6 is 0 Å². The van der Waals surface area contributed by atoms with Crippen molar-refractivity contribution in [2.45, 2.75) is 58.5 Å². The molecule has 0 saturated heterocycles. The van der Waals surface area contributed by atoms with E-state index in [2.05, 4.69) is 20.8 Å². The summed E-state index contributed by atoms with van der Waals surface area (Å²) in [7, 11) is 0. The molecule has 2 heteroatoms. The van der Waals surface area contributed by atoms with E-state index in [1.807, 2.05) is 0 Å². The highest BCUT2D eigenvalue weighted by atomic mass is 16.3. The van der Waals surface area contributed by atoms with Crippen LogP contribution in [0.3, 0.4) is 0 Å². The summed E-state index contributed by atoms with van der Waals surface area (Å²) in [6, 6.07) is 0. The van der Waals surface area contributed by atoms with Gasteiger partial charge < -0.3 is 10.8 Å². The van der Waals surface area contributed by atoms with Crippen molar-refractivity contribution >= 4 is 0 Å². The van der Waals surface area contributed by atoms with Crippen LogP contribution in [0.5, 0.6) is 0 Å². The lowest BCUT2D eigenvalue weighted by atomic mass is 9.64. The molecule has 2 nitrogen and oxygen atoms in total. The monoisotopic (exact) mass is 213 g/mol. The van der Waals surface area contributed by atoms with E-state index >= 15 is 0 Å². The van der Waals surface area contributed by atoms with Crippen molar-refractivity contribution in [3.05, 3.63) is 0 Å². The van der Waals surface area contributed by atoms with Crippen LogP contribution in [0.1, 0.15) is 52.9 Å². The molecule has 0 spiro atoms. The minimum absolute atomic E-state index is 0.292. The van der Waals surface area contributed by atoms with Gasteiger partial charge in [-0.25, -0.2) is 0 Å². The van der Waals surface area contributed by atoms with Crippen LogP contribution < -0.4 is 5.73 Å². The lowest BCUT2D eigenvalue weighted by Crippen LogP contribution is -2.51. The molecule has 4 atom stereocenters. The number of aliphatic hydroxyl groups is 1. The normalized spacial score (nSPS) is 39.0. The van der Waals surface area contributed by atoms with E-state index < -0.39 is 5.60 Å². The van der Waals surface area contributed by atoms with E-state index in [9.17, 15) is 5.11 Å². The zero-order valence-corrected chi connectivity index (χ0v) is 10.5. The molecular formula is C13H27NO. The molecule has 4 unspecified atom stereocenters. The molecule has 90 valence electrons. The molecule has 15 heavy (non-hydrogen) atoms. The van der Waals surface area contributed by atoms with Gasteiger partial charge in [0.2, 0.25) is 0 Å². The van der Waals surface area contributed by atoms with E-state index in [1.54, 1.807) is 0 Å². The van der Waals surface area contributed by atoms with Crippen molar-refractivity contribution in [2.75, 3.05) is 6.54 Å². The standard InChI is InChI=1S/C13H27NO/c1-4-6-12(9-14)13(15)8-5-7-10(2)11(13)3/h10-12,15H,4-9,14H2,1-3H3. The molecule has 0 radical (unpaired) electrons. The molecule has 0 aromatic carbocycles. The van der Waals surface area contributed by atoms with Crippen molar-refractivity contribution in [3.63, 3.8) is 0 Å². The maximum atomic E-state index is 10.8. The smallest absolute Gasteiger partial charge is 0.0715 e. The maximum absolute atomic E-state index is 10.8. The summed E-state index contributed by atoms with van der Waals surface area (Å²) in [5.41, 5.74) is 5.32. The molecule has 0 aliphatic heterocycles. The Bertz CT molecular complexity index is 195. The predicted octanol–water partition coefficient (Wildman–Crippen LogP) is 2.55. The Hall–Kier alpha value is -0.0800. The minimum atomic E-state index is -0.498. The first-order valence-electron chi connectivity index (χ1n) is 6.48. The average molecular weight is 213 g/mol. The largest absolute Gasteiger partial charge is 0.389 e. The van der Waals surface area contributed by atoms with Crippen molar-refractivity contribution in [2.24, 2.45) is 23.5 Å². The maximum Gasteiger partial charge on any atom is 0.0715 e. The van der Waals surface area contributed by atoms with Gasteiger partial charge in [0.25, 0.3) is 0 Å². The van der Waals surface area contributed by atoms with Crippen LogP contribution in [0.15, 0.2) is 0 Å². The first-order valence-corrected chi connectivity index (χ1v) is 6.48. The first kappa shape index (κ1) is 13.0. The number of nitrogens with two attached hydrogens (primary N) is 1. The van der Waals surface area contributed by atoms with Crippen LogP contribution in [-0.4, -0.2) is 17.3 Å². The van der Waals surface area contributed by atoms with Crippen molar-refractivity contribution in [1.82, 2.24) is 0 Å². The Morgan fingerprint density at radius 1 is 1.47 bits per heavy atom. The summed E-state index contributed by atoms with van der Waals surface area (Å²) in [6.07, 6.45) is 5.53. The topological polar surface area (TPSA) is 46.2 Å². The second-order valence-corrected chi connectivity index (χ2v) is 5.37. The highest BCUT2D eigenvalue weighted by Crippen LogP contribution is 2.43. The molecular weight excluding hydrogens is 186 g/mol. The summed E-state index contributed by atoms with van der Waals surface area (Å²) in [6.45, 7) is 7.25. The predicted molar refractivity (Wildman–Crippen MR) is 64.6 cm³/mol. The number of hydrogen-bond donors (Lipinski definition) is 2. The highest BCUT2D eigenvalue weighted by Gasteiger charge is 2.44. The van der Waals surface area contributed by atoms with Gasteiger partial charge in [-0.05, 0) is 31.2 Å². The molecule has 3 N–H and O–H groups in total. The fourth-order valence-corrected chi connectivity index (χ4v) is 3.17.